The van der Waals surface area contributed by atoms with E-state index in [1.807, 2.05) is 24.3 Å². The molecule has 4 rings (SSSR count). The topological polar surface area (TPSA) is 100 Å². The van der Waals surface area contributed by atoms with Gasteiger partial charge >= 0.3 is 11.9 Å². The third-order valence-electron chi connectivity index (χ3n) is 8.33. The van der Waals surface area contributed by atoms with Gasteiger partial charge in [-0.15, -0.1) is 0 Å². The molecule has 0 aromatic heterocycles. The van der Waals surface area contributed by atoms with Crippen LogP contribution in [-0.4, -0.2) is 62.0 Å². The second kappa shape index (κ2) is 19.8. The van der Waals surface area contributed by atoms with Crippen molar-refractivity contribution in [3.63, 3.8) is 0 Å². The Hall–Kier alpha value is -4.27. The average Bonchev–Trinajstić information content (AvgIpc) is 3.09. The average molecular weight is 684 g/mol. The molecule has 50 heavy (non-hydrogen) atoms. The molecular weight excluding hydrogens is 630 g/mol. The van der Waals surface area contributed by atoms with Crippen LogP contribution in [0.4, 0.5) is 0 Å². The lowest BCUT2D eigenvalue weighted by molar-refractivity contribution is -0.180. The normalized spacial score (nSPS) is 12.8. The van der Waals surface area contributed by atoms with E-state index in [0.717, 1.165) is 44.9 Å². The first-order chi connectivity index (χ1) is 24.1. The summed E-state index contributed by atoms with van der Waals surface area (Å²) in [5.74, 6) is -1.87. The highest BCUT2D eigenvalue weighted by Crippen LogP contribution is 2.19. The van der Waals surface area contributed by atoms with Gasteiger partial charge in [0.1, 0.15) is 12.2 Å². The number of carbonyl (C=O) groups is 3. The maximum atomic E-state index is 13.5. The first-order valence-corrected chi connectivity index (χ1v) is 18.0. The molecule has 268 valence electrons. The molecule has 0 heterocycles. The molecule has 0 aliphatic heterocycles. The highest BCUT2D eigenvalue weighted by Gasteiger charge is 2.37. The molecule has 0 bridgehead atoms. The summed E-state index contributed by atoms with van der Waals surface area (Å²) < 4.78 is 22.4. The van der Waals surface area contributed by atoms with Gasteiger partial charge in [0.25, 0.3) is 5.91 Å². The lowest BCUT2D eigenvalue weighted by atomic mass is 10.0. The molecule has 0 radical (unpaired) electrons. The molecule has 0 saturated carbocycles. The molecule has 0 fully saturated rings. The summed E-state index contributed by atoms with van der Waals surface area (Å²) in [5.41, 5.74) is 1.83. The summed E-state index contributed by atoms with van der Waals surface area (Å²) in [6.45, 7) is 7.17. The summed E-state index contributed by atoms with van der Waals surface area (Å²) in [6.07, 6.45) is 4.31. The van der Waals surface area contributed by atoms with Gasteiger partial charge in [0.2, 0.25) is 0 Å². The second-order valence-corrected chi connectivity index (χ2v) is 13.6. The van der Waals surface area contributed by atoms with Crippen molar-refractivity contribution >= 4 is 39.4 Å². The van der Waals surface area contributed by atoms with Gasteiger partial charge in [-0.25, -0.2) is 9.59 Å². The number of carbonyl (C=O) groups excluding carboxylic acids is 3. The van der Waals surface area contributed by atoms with Gasteiger partial charge in [0.15, 0.2) is 12.2 Å². The van der Waals surface area contributed by atoms with Crippen molar-refractivity contribution < 1.29 is 33.3 Å². The molecule has 0 unspecified atom stereocenters. The Bertz CT molecular complexity index is 1680. The maximum Gasteiger partial charge on any atom is 0.338 e. The Morgan fingerprint density at radius 1 is 0.660 bits per heavy atom. The molecule has 4 aromatic carbocycles. The molecular formula is C42H53NO7. The lowest BCUT2D eigenvalue weighted by Gasteiger charge is -2.26. The third-order valence-corrected chi connectivity index (χ3v) is 8.33. The summed E-state index contributed by atoms with van der Waals surface area (Å²) in [5, 5.41) is 7.80. The minimum atomic E-state index is -1.38. The summed E-state index contributed by atoms with van der Waals surface area (Å²) in [6, 6.07) is 29.7. The summed E-state index contributed by atoms with van der Waals surface area (Å²) >= 11 is 0. The van der Waals surface area contributed by atoms with E-state index >= 15 is 0 Å². The van der Waals surface area contributed by atoms with E-state index in [-0.39, 0.29) is 13.2 Å². The number of esters is 2. The van der Waals surface area contributed by atoms with E-state index in [1.165, 1.54) is 32.7 Å². The number of rotatable bonds is 20. The zero-order chi connectivity index (χ0) is 35.8. The number of hydrogen-bond acceptors (Lipinski definition) is 7. The fourth-order valence-electron chi connectivity index (χ4n) is 5.88. The number of hydrogen-bond donors (Lipinski definition) is 1. The van der Waals surface area contributed by atoms with Gasteiger partial charge in [-0.1, -0.05) is 97.8 Å². The van der Waals surface area contributed by atoms with Gasteiger partial charge in [-0.2, -0.15) is 0 Å². The molecule has 1 amide bonds. The molecule has 2 atom stereocenters. The predicted molar refractivity (Wildman–Crippen MR) is 198 cm³/mol. The van der Waals surface area contributed by atoms with Crippen LogP contribution < -0.4 is 5.32 Å². The lowest BCUT2D eigenvalue weighted by Crippen LogP contribution is -2.50. The second-order valence-electron chi connectivity index (χ2n) is 13.6. The zero-order valence-electron chi connectivity index (χ0n) is 30.1. The molecule has 8 heteroatoms. The van der Waals surface area contributed by atoms with Crippen LogP contribution in [0, 0.1) is 0 Å². The fourth-order valence-corrected chi connectivity index (χ4v) is 5.88. The fraction of sp³-hybridized carbons (Fsp3) is 0.452. The van der Waals surface area contributed by atoms with Crippen molar-refractivity contribution in [1.82, 2.24) is 5.32 Å². The predicted octanol–water partition coefficient (Wildman–Crippen LogP) is 7.91. The van der Waals surface area contributed by atoms with Crippen LogP contribution in [0.25, 0.3) is 21.5 Å². The maximum absolute atomic E-state index is 13.5. The molecule has 0 saturated heterocycles. The van der Waals surface area contributed by atoms with Gasteiger partial charge < -0.3 is 24.3 Å². The van der Waals surface area contributed by atoms with E-state index in [0.29, 0.717) is 13.0 Å². The Morgan fingerprint density at radius 3 is 1.78 bits per heavy atom. The minimum absolute atomic E-state index is 0.113. The van der Waals surface area contributed by atoms with Gasteiger partial charge in [-0.05, 0) is 98.9 Å². The Morgan fingerprint density at radius 2 is 1.22 bits per heavy atom. The quantitative estimate of drug-likeness (QED) is 0.0747. The number of amides is 1. The van der Waals surface area contributed by atoms with Crippen LogP contribution in [0.1, 0.15) is 77.3 Å². The third kappa shape index (κ3) is 12.9. The Labute approximate surface area is 296 Å². The molecule has 0 aliphatic carbocycles. The van der Waals surface area contributed by atoms with Crippen molar-refractivity contribution in [3.05, 3.63) is 96.1 Å². The Balaban J connectivity index is 1.28. The number of fused-ring (bicyclic) bond motifs is 2. The largest absolute Gasteiger partial charge is 0.464 e. The van der Waals surface area contributed by atoms with Crippen molar-refractivity contribution in [3.8, 4) is 0 Å². The van der Waals surface area contributed by atoms with Crippen molar-refractivity contribution in [2.75, 3.05) is 26.4 Å². The number of ether oxygens (including phenoxy) is 4. The number of benzene rings is 4. The van der Waals surface area contributed by atoms with Crippen LogP contribution in [0.15, 0.2) is 84.9 Å². The first-order valence-electron chi connectivity index (χ1n) is 18.0. The SMILES string of the molecule is CCOC(=O)[C@H](OCCCCCc1ccc2ccccc2c1)[C@@H](OCC(=O)OC(C)(C)C)C(=O)NCCCCCc1ccc2ccccc2c1. The molecule has 0 aliphatic rings. The highest BCUT2D eigenvalue weighted by molar-refractivity contribution is 5.89. The van der Waals surface area contributed by atoms with E-state index in [9.17, 15) is 14.4 Å². The van der Waals surface area contributed by atoms with E-state index < -0.39 is 42.3 Å². The number of unbranched alkanes of at least 4 members (excludes halogenated alkanes) is 4. The van der Waals surface area contributed by atoms with Crippen molar-refractivity contribution in [1.29, 1.82) is 0 Å². The summed E-state index contributed by atoms with van der Waals surface area (Å²) in [4.78, 5) is 39.1. The van der Waals surface area contributed by atoms with E-state index in [1.54, 1.807) is 27.7 Å². The van der Waals surface area contributed by atoms with Crippen LogP contribution in [0.3, 0.4) is 0 Å². The van der Waals surface area contributed by atoms with Gasteiger partial charge in [-0.3, -0.25) is 4.79 Å². The number of aryl methyl sites for hydroxylation is 2. The monoisotopic (exact) mass is 683 g/mol. The standard InChI is InChI=1S/C42H53NO7/c1-5-47-41(46)39(48-27-15-7-9-17-32-23-25-34-19-11-13-21-36(34)29-32)38(49-30-37(44)50-42(2,3)4)40(45)43-26-14-6-8-16-31-22-24-33-18-10-12-20-35(33)28-31/h10-13,18-25,28-29,38-39H,5-9,14-17,26-27,30H2,1-4H3,(H,43,45)/t38-,39-/m1/s1. The Kier molecular flexibility index (Phi) is 15.3. The molecule has 8 nitrogen and oxygen atoms in total. The molecule has 1 N–H and O–H groups in total. The first kappa shape index (κ1) is 38.5. The molecule has 4 aromatic rings. The zero-order valence-corrected chi connectivity index (χ0v) is 30.1. The smallest absolute Gasteiger partial charge is 0.338 e. The summed E-state index contributed by atoms with van der Waals surface area (Å²) in [7, 11) is 0. The van der Waals surface area contributed by atoms with E-state index in [4.69, 9.17) is 18.9 Å². The van der Waals surface area contributed by atoms with Crippen LogP contribution in [0.5, 0.6) is 0 Å². The van der Waals surface area contributed by atoms with Crippen LogP contribution in [0.2, 0.25) is 0 Å². The van der Waals surface area contributed by atoms with Crippen molar-refractivity contribution in [2.24, 2.45) is 0 Å². The van der Waals surface area contributed by atoms with Crippen LogP contribution >= 0.6 is 0 Å². The van der Waals surface area contributed by atoms with Crippen molar-refractivity contribution in [2.45, 2.75) is 96.9 Å². The number of nitrogens with one attached hydrogen (secondary N) is 1. The van der Waals surface area contributed by atoms with Gasteiger partial charge in [0.05, 0.1) is 6.61 Å². The van der Waals surface area contributed by atoms with Gasteiger partial charge in [0, 0.05) is 13.2 Å². The molecule has 0 spiro atoms. The minimum Gasteiger partial charge on any atom is -0.464 e. The highest BCUT2D eigenvalue weighted by atomic mass is 16.6. The van der Waals surface area contributed by atoms with Crippen LogP contribution in [-0.2, 0) is 46.2 Å². The van der Waals surface area contributed by atoms with E-state index in [2.05, 4.69) is 66.0 Å².